The zero-order valence-electron chi connectivity index (χ0n) is 11.6. The predicted octanol–water partition coefficient (Wildman–Crippen LogP) is 2.77. The molecule has 0 aliphatic rings. The average molecular weight is 337 g/mol. The van der Waals surface area contributed by atoms with Crippen LogP contribution in [-0.2, 0) is 15.7 Å². The number of ether oxygens (including phenoxy) is 1. The fourth-order valence-electron chi connectivity index (χ4n) is 1.69. The number of carbonyl (C=O) groups excluding carboxylic acids is 1. The highest BCUT2D eigenvalue weighted by Crippen LogP contribution is 2.34. The van der Waals surface area contributed by atoms with E-state index in [1.54, 1.807) is 6.92 Å². The van der Waals surface area contributed by atoms with E-state index in [0.29, 0.717) is 0 Å². The minimum Gasteiger partial charge on any atom is -0.464 e. The topological polar surface area (TPSA) is 68.5 Å². The number of alkyl halides is 3. The Balaban J connectivity index is 2.29. The Morgan fingerprint density at radius 2 is 2.23 bits per heavy atom. The molecule has 0 spiro atoms. The van der Waals surface area contributed by atoms with E-state index in [-0.39, 0.29) is 18.2 Å². The number of pyridine rings is 1. The molecule has 0 amide bonds. The molecule has 2 aromatic rings. The van der Waals surface area contributed by atoms with Crippen LogP contribution in [0.2, 0.25) is 5.02 Å². The summed E-state index contributed by atoms with van der Waals surface area (Å²) in [5, 5.41) is 6.02. The van der Waals surface area contributed by atoms with Crippen molar-refractivity contribution in [2.45, 2.75) is 26.1 Å². The maximum atomic E-state index is 12.8. The Hall–Kier alpha value is -2.03. The van der Waals surface area contributed by atoms with Gasteiger partial charge in [0.15, 0.2) is 5.65 Å². The SMILES string of the molecule is CCOC(=O)C(C)Nc1nc2cc(Cl)c(C(F)(F)F)cn2n1. The van der Waals surface area contributed by atoms with Crippen molar-refractivity contribution in [1.29, 1.82) is 0 Å². The molecule has 0 bridgehead atoms. The summed E-state index contributed by atoms with van der Waals surface area (Å²) in [7, 11) is 0. The lowest BCUT2D eigenvalue weighted by Crippen LogP contribution is -2.28. The number of aromatic nitrogens is 3. The van der Waals surface area contributed by atoms with Gasteiger partial charge >= 0.3 is 12.1 Å². The first-order chi connectivity index (χ1) is 10.2. The molecule has 2 rings (SSSR count). The lowest BCUT2D eigenvalue weighted by atomic mass is 10.3. The zero-order chi connectivity index (χ0) is 16.5. The van der Waals surface area contributed by atoms with Gasteiger partial charge in [0.1, 0.15) is 6.04 Å². The standard InChI is InChI=1S/C12H12ClF3N4O2/c1-3-22-10(21)6(2)17-11-18-9-4-8(13)7(12(14,15)16)5-20(9)19-11/h4-6H,3H2,1-2H3,(H,17,19). The van der Waals surface area contributed by atoms with Gasteiger partial charge in [-0.2, -0.15) is 18.2 Å². The van der Waals surface area contributed by atoms with Crippen LogP contribution in [0.1, 0.15) is 19.4 Å². The third kappa shape index (κ3) is 3.41. The molecule has 22 heavy (non-hydrogen) atoms. The second kappa shape index (κ2) is 5.99. The number of nitrogens with one attached hydrogen (secondary N) is 1. The van der Waals surface area contributed by atoms with Crippen LogP contribution in [-0.4, -0.2) is 33.2 Å². The summed E-state index contributed by atoms with van der Waals surface area (Å²) < 4.78 is 44.0. The van der Waals surface area contributed by atoms with Gasteiger partial charge in [-0.25, -0.2) is 9.31 Å². The molecule has 6 nitrogen and oxygen atoms in total. The fraction of sp³-hybridized carbons (Fsp3) is 0.417. The molecule has 10 heteroatoms. The molecule has 0 radical (unpaired) electrons. The van der Waals surface area contributed by atoms with E-state index >= 15 is 0 Å². The van der Waals surface area contributed by atoms with Crippen molar-refractivity contribution >= 4 is 29.2 Å². The average Bonchev–Trinajstić information content (AvgIpc) is 2.77. The third-order valence-electron chi connectivity index (χ3n) is 2.71. The summed E-state index contributed by atoms with van der Waals surface area (Å²) in [6, 6.07) is 0.312. The van der Waals surface area contributed by atoms with Gasteiger partial charge in [-0.1, -0.05) is 11.6 Å². The predicted molar refractivity (Wildman–Crippen MR) is 72.7 cm³/mol. The summed E-state index contributed by atoms with van der Waals surface area (Å²) in [5.74, 6) is -0.522. The van der Waals surface area contributed by atoms with Gasteiger partial charge in [-0.3, -0.25) is 0 Å². The van der Waals surface area contributed by atoms with Crippen LogP contribution >= 0.6 is 11.6 Å². The number of nitrogens with zero attached hydrogens (tertiary/aromatic N) is 3. The van der Waals surface area contributed by atoms with E-state index in [2.05, 4.69) is 15.4 Å². The number of rotatable bonds is 4. The van der Waals surface area contributed by atoms with E-state index in [0.717, 1.165) is 16.8 Å². The molecule has 1 N–H and O–H groups in total. The molecule has 1 atom stereocenters. The van der Waals surface area contributed by atoms with Crippen molar-refractivity contribution < 1.29 is 22.7 Å². The smallest absolute Gasteiger partial charge is 0.419 e. The lowest BCUT2D eigenvalue weighted by Gasteiger charge is -2.10. The van der Waals surface area contributed by atoms with Crippen molar-refractivity contribution in [2.75, 3.05) is 11.9 Å². The maximum absolute atomic E-state index is 12.8. The van der Waals surface area contributed by atoms with Crippen LogP contribution in [0, 0.1) is 0 Å². The molecule has 0 fully saturated rings. The van der Waals surface area contributed by atoms with E-state index in [1.807, 2.05) is 0 Å². The summed E-state index contributed by atoms with van der Waals surface area (Å²) in [5.41, 5.74) is -0.895. The molecule has 0 aliphatic heterocycles. The highest BCUT2D eigenvalue weighted by atomic mass is 35.5. The first-order valence-electron chi connectivity index (χ1n) is 6.28. The van der Waals surface area contributed by atoms with Crippen LogP contribution in [0.25, 0.3) is 5.65 Å². The highest BCUT2D eigenvalue weighted by Gasteiger charge is 2.34. The number of hydrogen-bond donors (Lipinski definition) is 1. The van der Waals surface area contributed by atoms with Crippen LogP contribution in [0.15, 0.2) is 12.3 Å². The maximum Gasteiger partial charge on any atom is 0.419 e. The first kappa shape index (κ1) is 16.3. The van der Waals surface area contributed by atoms with Crippen molar-refractivity contribution in [3.05, 3.63) is 22.8 Å². The molecule has 2 aromatic heterocycles. The Morgan fingerprint density at radius 1 is 1.55 bits per heavy atom. The number of anilines is 1. The van der Waals surface area contributed by atoms with Gasteiger partial charge < -0.3 is 10.1 Å². The van der Waals surface area contributed by atoms with Crippen molar-refractivity contribution in [3.63, 3.8) is 0 Å². The molecule has 120 valence electrons. The second-order valence-electron chi connectivity index (χ2n) is 4.39. The molecule has 1 unspecified atom stereocenters. The number of esters is 1. The molecular formula is C12H12ClF3N4O2. The van der Waals surface area contributed by atoms with Gasteiger partial charge in [0, 0.05) is 12.3 Å². The largest absolute Gasteiger partial charge is 0.464 e. The Morgan fingerprint density at radius 3 is 2.82 bits per heavy atom. The molecular weight excluding hydrogens is 325 g/mol. The molecule has 0 saturated carbocycles. The summed E-state index contributed by atoms with van der Waals surface area (Å²) in [6.07, 6.45) is -3.85. The van der Waals surface area contributed by atoms with Gasteiger partial charge in [0.25, 0.3) is 0 Å². The quantitative estimate of drug-likeness (QED) is 0.869. The van der Waals surface area contributed by atoms with E-state index < -0.39 is 28.8 Å². The highest BCUT2D eigenvalue weighted by molar-refractivity contribution is 6.31. The number of carbonyl (C=O) groups is 1. The number of hydrogen-bond acceptors (Lipinski definition) is 5. The summed E-state index contributed by atoms with van der Waals surface area (Å²) >= 11 is 5.60. The van der Waals surface area contributed by atoms with Crippen molar-refractivity contribution in [2.24, 2.45) is 0 Å². The van der Waals surface area contributed by atoms with Gasteiger partial charge in [0.2, 0.25) is 5.95 Å². The van der Waals surface area contributed by atoms with Gasteiger partial charge in [-0.05, 0) is 13.8 Å². The zero-order valence-corrected chi connectivity index (χ0v) is 12.4. The minimum atomic E-state index is -4.59. The van der Waals surface area contributed by atoms with Crippen LogP contribution < -0.4 is 5.32 Å². The number of halogens is 4. The first-order valence-corrected chi connectivity index (χ1v) is 6.66. The molecule has 2 heterocycles. The lowest BCUT2D eigenvalue weighted by molar-refractivity contribution is -0.143. The van der Waals surface area contributed by atoms with Crippen molar-refractivity contribution in [1.82, 2.24) is 14.6 Å². The fourth-order valence-corrected chi connectivity index (χ4v) is 1.95. The minimum absolute atomic E-state index is 0.00376. The summed E-state index contributed by atoms with van der Waals surface area (Å²) in [6.45, 7) is 3.40. The van der Waals surface area contributed by atoms with E-state index in [4.69, 9.17) is 16.3 Å². The van der Waals surface area contributed by atoms with Gasteiger partial charge in [0.05, 0.1) is 17.2 Å². The number of fused-ring (bicyclic) bond motifs is 1. The summed E-state index contributed by atoms with van der Waals surface area (Å²) in [4.78, 5) is 15.4. The Kier molecular flexibility index (Phi) is 4.45. The Bertz CT molecular complexity index is 701. The monoisotopic (exact) mass is 336 g/mol. The Labute approximate surface area is 128 Å². The molecule has 0 saturated heterocycles. The molecule has 0 aromatic carbocycles. The van der Waals surface area contributed by atoms with Crippen LogP contribution in [0.3, 0.4) is 0 Å². The normalized spacial score (nSPS) is 13.2. The third-order valence-corrected chi connectivity index (χ3v) is 3.03. The van der Waals surface area contributed by atoms with Crippen LogP contribution in [0.5, 0.6) is 0 Å². The van der Waals surface area contributed by atoms with E-state index in [9.17, 15) is 18.0 Å². The van der Waals surface area contributed by atoms with Crippen molar-refractivity contribution in [3.8, 4) is 0 Å². The second-order valence-corrected chi connectivity index (χ2v) is 4.80. The van der Waals surface area contributed by atoms with Gasteiger partial charge in [-0.15, -0.1) is 5.10 Å². The van der Waals surface area contributed by atoms with Crippen LogP contribution in [0.4, 0.5) is 19.1 Å². The van der Waals surface area contributed by atoms with E-state index in [1.165, 1.54) is 6.92 Å². The molecule has 0 aliphatic carbocycles.